The third-order valence-electron chi connectivity index (χ3n) is 2.37. The number of urea groups is 1. The van der Waals surface area contributed by atoms with Crippen molar-refractivity contribution in [1.82, 2.24) is 5.32 Å². The van der Waals surface area contributed by atoms with Crippen LogP contribution in [0.15, 0.2) is 18.2 Å². The van der Waals surface area contributed by atoms with Gasteiger partial charge in [0, 0.05) is 13.0 Å². The molecule has 0 spiro atoms. The minimum absolute atomic E-state index is 0.0581. The van der Waals surface area contributed by atoms with Gasteiger partial charge in [0.25, 0.3) is 0 Å². The predicted octanol–water partition coefficient (Wildman–Crippen LogP) is 0.477. The van der Waals surface area contributed by atoms with Gasteiger partial charge in [-0.25, -0.2) is 9.59 Å². The van der Waals surface area contributed by atoms with Crippen molar-refractivity contribution in [1.29, 1.82) is 0 Å². The summed E-state index contributed by atoms with van der Waals surface area (Å²) in [5.41, 5.74) is 4.78. The number of nitrogens with two attached hydrogens (primary N) is 1. The molecule has 1 aromatic rings. The maximum Gasteiger partial charge on any atom is 0.337 e. The largest absolute Gasteiger partial charge is 0.508 e. The minimum Gasteiger partial charge on any atom is -0.508 e. The molecule has 0 aromatic heterocycles. The van der Waals surface area contributed by atoms with Gasteiger partial charge in [-0.3, -0.25) is 4.79 Å². The van der Waals surface area contributed by atoms with E-state index in [1.807, 2.05) is 0 Å². The molecule has 0 saturated carbocycles. The summed E-state index contributed by atoms with van der Waals surface area (Å²) >= 11 is 0. The maximum atomic E-state index is 11.5. The lowest BCUT2D eigenvalue weighted by Crippen LogP contribution is -2.30. The van der Waals surface area contributed by atoms with Crippen LogP contribution in [0.3, 0.4) is 0 Å². The zero-order valence-corrected chi connectivity index (χ0v) is 10.5. The summed E-state index contributed by atoms with van der Waals surface area (Å²) in [5, 5.41) is 23.0. The van der Waals surface area contributed by atoms with Crippen LogP contribution in [0.1, 0.15) is 23.2 Å². The van der Waals surface area contributed by atoms with Crippen LogP contribution in [0.25, 0.3) is 0 Å². The number of carboxylic acid groups (broad SMARTS) is 1. The van der Waals surface area contributed by atoms with E-state index in [1.54, 1.807) is 0 Å². The molecule has 0 radical (unpaired) electrons. The number of phenols is 1. The van der Waals surface area contributed by atoms with Crippen LogP contribution in [0.4, 0.5) is 10.5 Å². The van der Waals surface area contributed by atoms with Crippen molar-refractivity contribution in [3.8, 4) is 5.75 Å². The van der Waals surface area contributed by atoms with Crippen molar-refractivity contribution < 1.29 is 24.6 Å². The highest BCUT2D eigenvalue weighted by Gasteiger charge is 2.13. The van der Waals surface area contributed by atoms with E-state index in [1.165, 1.54) is 12.1 Å². The zero-order valence-electron chi connectivity index (χ0n) is 10.5. The molecule has 0 aliphatic heterocycles. The monoisotopic (exact) mass is 281 g/mol. The third-order valence-corrected chi connectivity index (χ3v) is 2.37. The minimum atomic E-state index is -1.27. The van der Waals surface area contributed by atoms with E-state index in [-0.39, 0.29) is 30.0 Å². The van der Waals surface area contributed by atoms with Gasteiger partial charge in [0.2, 0.25) is 5.91 Å². The average Bonchev–Trinajstić information content (AvgIpc) is 2.36. The van der Waals surface area contributed by atoms with Gasteiger partial charge in [-0.2, -0.15) is 0 Å². The van der Waals surface area contributed by atoms with Gasteiger partial charge < -0.3 is 26.6 Å². The number of amides is 3. The van der Waals surface area contributed by atoms with Crippen LogP contribution in [-0.4, -0.2) is 34.7 Å². The first-order valence-electron chi connectivity index (χ1n) is 5.79. The molecule has 1 aromatic carbocycles. The lowest BCUT2D eigenvalue weighted by atomic mass is 10.1. The number of carboxylic acids is 1. The molecule has 0 unspecified atom stereocenters. The second-order valence-corrected chi connectivity index (χ2v) is 3.99. The first kappa shape index (κ1) is 15.3. The summed E-state index contributed by atoms with van der Waals surface area (Å²) in [7, 11) is 0. The van der Waals surface area contributed by atoms with Crippen LogP contribution in [-0.2, 0) is 4.79 Å². The molecule has 0 aliphatic carbocycles. The molecule has 0 bridgehead atoms. The van der Waals surface area contributed by atoms with Crippen molar-refractivity contribution >= 4 is 23.6 Å². The number of anilines is 1. The van der Waals surface area contributed by atoms with Gasteiger partial charge >= 0.3 is 12.0 Å². The Morgan fingerprint density at radius 3 is 2.55 bits per heavy atom. The normalized spacial score (nSPS) is 9.80. The lowest BCUT2D eigenvalue weighted by Gasteiger charge is -2.10. The molecule has 108 valence electrons. The van der Waals surface area contributed by atoms with Gasteiger partial charge in [0.15, 0.2) is 0 Å². The number of carbonyl (C=O) groups excluding carboxylic acids is 2. The highest BCUT2D eigenvalue weighted by Crippen LogP contribution is 2.21. The number of hydrogen-bond donors (Lipinski definition) is 5. The molecule has 6 N–H and O–H groups in total. The Labute approximate surface area is 114 Å². The van der Waals surface area contributed by atoms with Gasteiger partial charge in [-0.05, 0) is 24.6 Å². The summed E-state index contributed by atoms with van der Waals surface area (Å²) in [4.78, 5) is 33.0. The molecule has 0 fully saturated rings. The fourth-order valence-electron chi connectivity index (χ4n) is 1.45. The Bertz CT molecular complexity index is 530. The number of carbonyl (C=O) groups is 3. The number of benzene rings is 1. The van der Waals surface area contributed by atoms with Crippen molar-refractivity contribution in [2.75, 3.05) is 11.9 Å². The van der Waals surface area contributed by atoms with Crippen LogP contribution >= 0.6 is 0 Å². The molecular weight excluding hydrogens is 266 g/mol. The van der Waals surface area contributed by atoms with E-state index < -0.39 is 17.9 Å². The molecule has 0 atom stereocenters. The van der Waals surface area contributed by atoms with Gasteiger partial charge in [-0.1, -0.05) is 0 Å². The Balaban J connectivity index is 2.57. The standard InChI is InChI=1S/C12H15N3O5/c13-10(17)2-1-5-14-12(20)15-9-4-3-7(16)6-8(9)11(18)19/h3-4,6,16H,1-2,5H2,(H2,13,17)(H,18,19)(H2,14,15,20). The number of primary amides is 1. The van der Waals surface area contributed by atoms with E-state index in [9.17, 15) is 19.5 Å². The maximum absolute atomic E-state index is 11.5. The number of rotatable bonds is 6. The lowest BCUT2D eigenvalue weighted by molar-refractivity contribution is -0.118. The molecule has 20 heavy (non-hydrogen) atoms. The summed E-state index contributed by atoms with van der Waals surface area (Å²) in [6, 6.07) is 2.96. The van der Waals surface area contributed by atoms with E-state index in [4.69, 9.17) is 10.8 Å². The van der Waals surface area contributed by atoms with E-state index in [2.05, 4.69) is 10.6 Å². The SMILES string of the molecule is NC(=O)CCCNC(=O)Nc1ccc(O)cc1C(=O)O. The summed E-state index contributed by atoms with van der Waals surface area (Å²) in [6.07, 6.45) is 0.546. The molecule has 8 nitrogen and oxygen atoms in total. The average molecular weight is 281 g/mol. The van der Waals surface area contributed by atoms with Crippen molar-refractivity contribution in [3.05, 3.63) is 23.8 Å². The van der Waals surface area contributed by atoms with Gasteiger partial charge in [-0.15, -0.1) is 0 Å². The second-order valence-electron chi connectivity index (χ2n) is 3.99. The predicted molar refractivity (Wildman–Crippen MR) is 70.5 cm³/mol. The fraction of sp³-hybridized carbons (Fsp3) is 0.250. The Kier molecular flexibility index (Phi) is 5.33. The molecule has 8 heteroatoms. The van der Waals surface area contributed by atoms with Crippen LogP contribution < -0.4 is 16.4 Å². The number of aromatic hydroxyl groups is 1. The number of phenolic OH excluding ortho intramolecular Hbond substituents is 1. The Hall–Kier alpha value is -2.77. The highest BCUT2D eigenvalue weighted by atomic mass is 16.4. The number of aromatic carboxylic acids is 1. The summed E-state index contributed by atoms with van der Waals surface area (Å²) in [6.45, 7) is 0.231. The number of nitrogens with one attached hydrogen (secondary N) is 2. The van der Waals surface area contributed by atoms with E-state index >= 15 is 0 Å². The highest BCUT2D eigenvalue weighted by molar-refractivity contribution is 6.00. The van der Waals surface area contributed by atoms with Gasteiger partial charge in [0.1, 0.15) is 5.75 Å². The third kappa shape index (κ3) is 4.84. The van der Waals surface area contributed by atoms with Crippen LogP contribution in [0.5, 0.6) is 5.75 Å². The summed E-state index contributed by atoms with van der Waals surface area (Å²) < 4.78 is 0. The Morgan fingerprint density at radius 2 is 1.95 bits per heavy atom. The molecular formula is C12H15N3O5. The summed E-state index contributed by atoms with van der Waals surface area (Å²) in [5.74, 6) is -1.95. The van der Waals surface area contributed by atoms with E-state index in [0.717, 1.165) is 6.07 Å². The zero-order chi connectivity index (χ0) is 15.1. The van der Waals surface area contributed by atoms with Crippen molar-refractivity contribution in [2.45, 2.75) is 12.8 Å². The fourth-order valence-corrected chi connectivity index (χ4v) is 1.45. The van der Waals surface area contributed by atoms with Gasteiger partial charge in [0.05, 0.1) is 11.3 Å². The van der Waals surface area contributed by atoms with Crippen LogP contribution in [0, 0.1) is 0 Å². The quantitative estimate of drug-likeness (QED) is 0.381. The second kappa shape index (κ2) is 6.98. The Morgan fingerprint density at radius 1 is 1.25 bits per heavy atom. The first-order chi connectivity index (χ1) is 9.40. The smallest absolute Gasteiger partial charge is 0.337 e. The van der Waals surface area contributed by atoms with Crippen molar-refractivity contribution in [2.24, 2.45) is 5.73 Å². The molecule has 3 amide bonds. The molecule has 0 heterocycles. The topological polar surface area (TPSA) is 142 Å². The molecule has 0 saturated heterocycles. The first-order valence-corrected chi connectivity index (χ1v) is 5.79. The van der Waals surface area contributed by atoms with Crippen molar-refractivity contribution in [3.63, 3.8) is 0 Å². The number of hydrogen-bond acceptors (Lipinski definition) is 4. The van der Waals surface area contributed by atoms with E-state index in [0.29, 0.717) is 6.42 Å². The molecule has 1 rings (SSSR count). The molecule has 0 aliphatic rings. The van der Waals surface area contributed by atoms with Crippen LogP contribution in [0.2, 0.25) is 0 Å².